The summed E-state index contributed by atoms with van der Waals surface area (Å²) in [5.41, 5.74) is 2.02. The van der Waals surface area contributed by atoms with Crippen LogP contribution in [0.15, 0.2) is 41.0 Å². The fraction of sp³-hybridized carbons (Fsp3) is 0.286. The maximum atomic E-state index is 12.4. The minimum absolute atomic E-state index is 0.0413. The van der Waals surface area contributed by atoms with Crippen molar-refractivity contribution in [3.63, 3.8) is 0 Å². The molecule has 0 unspecified atom stereocenters. The van der Waals surface area contributed by atoms with E-state index in [1.807, 2.05) is 6.07 Å². The SMILES string of the molecule is C#Cc1coc2ccc(C(=O)N[C@@H]3C[C@H]4CC[C@@H]3N4)cc12.O=C(O)/C=C/C(=O)O. The van der Waals surface area contributed by atoms with Gasteiger partial charge < -0.3 is 25.3 Å². The Morgan fingerprint density at radius 3 is 2.48 bits per heavy atom. The molecule has 2 aliphatic rings. The Bertz CT molecular complexity index is 1000. The number of aliphatic carboxylic acids is 2. The number of fused-ring (bicyclic) bond motifs is 3. The van der Waals surface area contributed by atoms with Gasteiger partial charge in [-0.3, -0.25) is 4.79 Å². The minimum atomic E-state index is -1.26. The number of carboxylic acids is 2. The lowest BCUT2D eigenvalue weighted by atomic mass is 9.95. The highest BCUT2D eigenvalue weighted by Gasteiger charge is 2.39. The summed E-state index contributed by atoms with van der Waals surface area (Å²) in [6.07, 6.45) is 11.5. The molecule has 0 radical (unpaired) electrons. The molecule has 1 amide bonds. The Balaban J connectivity index is 0.000000258. The molecule has 8 heteroatoms. The molecule has 2 bridgehead atoms. The van der Waals surface area contributed by atoms with Crippen molar-refractivity contribution in [2.45, 2.75) is 37.4 Å². The third kappa shape index (κ3) is 4.83. The van der Waals surface area contributed by atoms with E-state index >= 15 is 0 Å². The predicted octanol–water partition coefficient (Wildman–Crippen LogP) is 1.75. The molecule has 29 heavy (non-hydrogen) atoms. The zero-order valence-corrected chi connectivity index (χ0v) is 15.4. The van der Waals surface area contributed by atoms with Crippen molar-refractivity contribution in [1.29, 1.82) is 0 Å². The topological polar surface area (TPSA) is 129 Å². The molecule has 4 N–H and O–H groups in total. The van der Waals surface area contributed by atoms with Crippen LogP contribution < -0.4 is 10.6 Å². The summed E-state index contributed by atoms with van der Waals surface area (Å²) >= 11 is 0. The molecule has 2 aromatic rings. The number of amides is 1. The van der Waals surface area contributed by atoms with Crippen LogP contribution >= 0.6 is 0 Å². The number of carbonyl (C=O) groups is 3. The third-order valence-electron chi connectivity index (χ3n) is 4.98. The molecular formula is C21H20N2O6. The molecule has 150 valence electrons. The van der Waals surface area contributed by atoms with Crippen LogP contribution in [-0.2, 0) is 9.59 Å². The van der Waals surface area contributed by atoms with E-state index < -0.39 is 11.9 Å². The van der Waals surface area contributed by atoms with Crippen LogP contribution in [0.5, 0.6) is 0 Å². The Labute approximate surface area is 166 Å². The van der Waals surface area contributed by atoms with Gasteiger partial charge in [-0.15, -0.1) is 6.42 Å². The fourth-order valence-electron chi connectivity index (χ4n) is 3.66. The van der Waals surface area contributed by atoms with E-state index in [4.69, 9.17) is 21.1 Å². The molecule has 3 heterocycles. The van der Waals surface area contributed by atoms with Gasteiger partial charge in [-0.1, -0.05) is 5.92 Å². The molecule has 0 aliphatic carbocycles. The summed E-state index contributed by atoms with van der Waals surface area (Å²) in [6, 6.07) is 6.63. The minimum Gasteiger partial charge on any atom is -0.478 e. The number of furan rings is 1. The van der Waals surface area contributed by atoms with Crippen LogP contribution in [0.2, 0.25) is 0 Å². The normalized spacial score (nSPS) is 22.1. The molecule has 1 aromatic heterocycles. The molecular weight excluding hydrogens is 376 g/mol. The number of terminal acetylenes is 1. The highest BCUT2D eigenvalue weighted by atomic mass is 16.4. The van der Waals surface area contributed by atoms with Gasteiger partial charge in [-0.25, -0.2) is 9.59 Å². The predicted molar refractivity (Wildman–Crippen MR) is 104 cm³/mol. The monoisotopic (exact) mass is 396 g/mol. The van der Waals surface area contributed by atoms with Gasteiger partial charge in [0.15, 0.2) is 0 Å². The van der Waals surface area contributed by atoms with E-state index in [2.05, 4.69) is 16.6 Å². The molecule has 2 aliphatic heterocycles. The lowest BCUT2D eigenvalue weighted by molar-refractivity contribution is -0.134. The van der Waals surface area contributed by atoms with Gasteiger partial charge in [-0.05, 0) is 37.5 Å². The summed E-state index contributed by atoms with van der Waals surface area (Å²) in [5, 5.41) is 23.1. The first-order chi connectivity index (χ1) is 13.9. The average Bonchev–Trinajstić information content (AvgIpc) is 3.41. The van der Waals surface area contributed by atoms with Crippen molar-refractivity contribution in [3.05, 3.63) is 47.7 Å². The Hall–Kier alpha value is -3.57. The van der Waals surface area contributed by atoms with Gasteiger partial charge in [0.25, 0.3) is 5.91 Å². The first kappa shape index (κ1) is 20.2. The number of rotatable bonds is 4. The van der Waals surface area contributed by atoms with Crippen LogP contribution in [0.3, 0.4) is 0 Å². The van der Waals surface area contributed by atoms with E-state index in [-0.39, 0.29) is 11.9 Å². The van der Waals surface area contributed by atoms with E-state index in [1.165, 1.54) is 6.42 Å². The lowest BCUT2D eigenvalue weighted by Gasteiger charge is -2.21. The highest BCUT2D eigenvalue weighted by molar-refractivity contribution is 5.99. The Morgan fingerprint density at radius 1 is 1.21 bits per heavy atom. The molecule has 3 atom stereocenters. The maximum absolute atomic E-state index is 12.4. The molecule has 4 rings (SSSR count). The smallest absolute Gasteiger partial charge is 0.328 e. The van der Waals surface area contributed by atoms with Crippen molar-refractivity contribution < 1.29 is 29.0 Å². The Morgan fingerprint density at radius 2 is 1.93 bits per heavy atom. The molecule has 2 saturated heterocycles. The van der Waals surface area contributed by atoms with E-state index in [0.717, 1.165) is 18.2 Å². The number of hydrogen-bond acceptors (Lipinski definition) is 5. The van der Waals surface area contributed by atoms with Crippen molar-refractivity contribution in [2.75, 3.05) is 0 Å². The van der Waals surface area contributed by atoms with Gasteiger partial charge in [0.2, 0.25) is 0 Å². The highest BCUT2D eigenvalue weighted by Crippen LogP contribution is 2.28. The van der Waals surface area contributed by atoms with E-state index in [0.29, 0.717) is 40.9 Å². The van der Waals surface area contributed by atoms with Gasteiger partial charge in [0.05, 0.1) is 5.56 Å². The summed E-state index contributed by atoms with van der Waals surface area (Å²) in [6.45, 7) is 0. The summed E-state index contributed by atoms with van der Waals surface area (Å²) in [5.74, 6) is 0.0204. The van der Waals surface area contributed by atoms with Crippen LogP contribution in [0.4, 0.5) is 0 Å². The lowest BCUT2D eigenvalue weighted by Crippen LogP contribution is -2.42. The first-order valence-electron chi connectivity index (χ1n) is 9.06. The zero-order valence-electron chi connectivity index (χ0n) is 15.4. The molecule has 0 spiro atoms. The first-order valence-corrected chi connectivity index (χ1v) is 9.06. The largest absolute Gasteiger partial charge is 0.478 e. The number of carbonyl (C=O) groups excluding carboxylic acids is 1. The second kappa shape index (κ2) is 8.63. The summed E-state index contributed by atoms with van der Waals surface area (Å²) in [7, 11) is 0. The fourth-order valence-corrected chi connectivity index (χ4v) is 3.66. The number of benzene rings is 1. The van der Waals surface area contributed by atoms with Gasteiger partial charge in [0.1, 0.15) is 11.8 Å². The molecule has 1 aromatic carbocycles. The molecule has 2 fully saturated rings. The van der Waals surface area contributed by atoms with Gasteiger partial charge in [0, 0.05) is 41.2 Å². The second-order valence-corrected chi connectivity index (χ2v) is 6.88. The maximum Gasteiger partial charge on any atom is 0.328 e. The molecule has 0 saturated carbocycles. The quantitative estimate of drug-likeness (QED) is 0.458. The number of nitrogens with one attached hydrogen (secondary N) is 2. The van der Waals surface area contributed by atoms with E-state index in [1.54, 1.807) is 18.4 Å². The van der Waals surface area contributed by atoms with Crippen molar-refractivity contribution in [2.24, 2.45) is 0 Å². The van der Waals surface area contributed by atoms with Gasteiger partial charge >= 0.3 is 11.9 Å². The summed E-state index contributed by atoms with van der Waals surface area (Å²) in [4.78, 5) is 31.5. The van der Waals surface area contributed by atoms with Crippen LogP contribution in [0.1, 0.15) is 35.2 Å². The standard InChI is InChI=1S/C17H16N2O2.C4H4O4/c1-2-10-9-21-16-6-3-11(7-13(10)16)17(20)19-15-8-12-4-5-14(15)18-12;5-3(6)1-2-4(7)8/h1,3,6-7,9,12,14-15,18H,4-5,8H2,(H,19,20);1-2H,(H,5,6)(H,7,8)/b;2-1+/t12-,14+,15-;/m1./s1. The van der Waals surface area contributed by atoms with Crippen molar-refractivity contribution in [1.82, 2.24) is 10.6 Å². The van der Waals surface area contributed by atoms with Crippen LogP contribution in [-0.4, -0.2) is 46.2 Å². The van der Waals surface area contributed by atoms with Crippen molar-refractivity contribution >= 4 is 28.8 Å². The summed E-state index contributed by atoms with van der Waals surface area (Å²) < 4.78 is 5.36. The van der Waals surface area contributed by atoms with Crippen LogP contribution in [0.25, 0.3) is 11.0 Å². The number of hydrogen-bond donors (Lipinski definition) is 4. The van der Waals surface area contributed by atoms with Crippen LogP contribution in [0, 0.1) is 12.3 Å². The zero-order chi connectivity index (χ0) is 21.0. The van der Waals surface area contributed by atoms with Crippen molar-refractivity contribution in [3.8, 4) is 12.3 Å². The van der Waals surface area contributed by atoms with Gasteiger partial charge in [-0.2, -0.15) is 0 Å². The Kier molecular flexibility index (Phi) is 6.00. The number of carboxylic acid groups (broad SMARTS) is 2. The average molecular weight is 396 g/mol. The third-order valence-corrected chi connectivity index (χ3v) is 4.98. The second-order valence-electron chi connectivity index (χ2n) is 6.88. The molecule has 8 nitrogen and oxygen atoms in total. The van der Waals surface area contributed by atoms with E-state index in [9.17, 15) is 14.4 Å².